The van der Waals surface area contributed by atoms with E-state index in [4.69, 9.17) is 14.0 Å². The first-order valence-electron chi connectivity index (χ1n) is 7.57. The Morgan fingerprint density at radius 2 is 1.87 bits per heavy atom. The first-order chi connectivity index (χ1) is 10.8. The van der Waals surface area contributed by atoms with E-state index >= 15 is 0 Å². The van der Waals surface area contributed by atoms with Crippen LogP contribution < -0.4 is 10.2 Å². The van der Waals surface area contributed by atoms with Gasteiger partial charge in [0, 0.05) is 12.0 Å². The number of tetrazole rings is 1. The summed E-state index contributed by atoms with van der Waals surface area (Å²) in [7, 11) is 1.23. The maximum Gasteiger partial charge on any atom is 0.494 e. The second-order valence-corrected chi connectivity index (χ2v) is 6.66. The van der Waals surface area contributed by atoms with Crippen molar-refractivity contribution in [2.45, 2.75) is 45.3 Å². The fraction of sp³-hybridized carbons (Fsp3) is 0.533. The third-order valence-electron chi connectivity index (χ3n) is 4.57. The zero-order valence-corrected chi connectivity index (χ0v) is 14.1. The zero-order chi connectivity index (χ0) is 16.7. The average molecular weight is 316 g/mol. The number of nitrogens with zero attached hydrogens (tertiary/aromatic N) is 3. The summed E-state index contributed by atoms with van der Waals surface area (Å²) in [5, 5.41) is 14.0. The van der Waals surface area contributed by atoms with Crippen LogP contribution in [0, 0.1) is 0 Å². The summed E-state index contributed by atoms with van der Waals surface area (Å²) in [6.45, 7) is 8.15. The minimum atomic E-state index is -0.407. The lowest BCUT2D eigenvalue weighted by Crippen LogP contribution is -2.41. The molecule has 0 aliphatic carbocycles. The Labute approximate surface area is 135 Å². The number of aromatic nitrogens is 4. The molecule has 0 atom stereocenters. The van der Waals surface area contributed by atoms with Crippen LogP contribution in [0.2, 0.25) is 0 Å². The lowest BCUT2D eigenvalue weighted by atomic mass is 9.78. The van der Waals surface area contributed by atoms with Crippen LogP contribution in [0.5, 0.6) is 5.75 Å². The molecule has 122 valence electrons. The Bertz CT molecular complexity index is 672. The Balaban J connectivity index is 1.90. The van der Waals surface area contributed by atoms with Gasteiger partial charge in [-0.25, -0.2) is 0 Å². The number of ether oxygens (including phenoxy) is 1. The molecule has 1 aromatic heterocycles. The van der Waals surface area contributed by atoms with Crippen molar-refractivity contribution in [2.24, 2.45) is 0 Å². The highest BCUT2D eigenvalue weighted by Crippen LogP contribution is 2.36. The molecule has 23 heavy (non-hydrogen) atoms. The molecule has 0 bridgehead atoms. The third kappa shape index (κ3) is 2.96. The minimum Gasteiger partial charge on any atom is -0.496 e. The van der Waals surface area contributed by atoms with E-state index in [0.29, 0.717) is 12.2 Å². The van der Waals surface area contributed by atoms with Gasteiger partial charge in [-0.1, -0.05) is 17.3 Å². The van der Waals surface area contributed by atoms with Crippen LogP contribution in [0.3, 0.4) is 0 Å². The number of methoxy groups -OCH3 is 1. The highest BCUT2D eigenvalue weighted by Gasteiger charge is 2.51. The molecule has 1 aliphatic heterocycles. The van der Waals surface area contributed by atoms with E-state index in [2.05, 4.69) is 20.6 Å². The Morgan fingerprint density at radius 3 is 2.43 bits per heavy atom. The van der Waals surface area contributed by atoms with Crippen LogP contribution in [0.1, 0.15) is 39.1 Å². The first-order valence-corrected chi connectivity index (χ1v) is 7.57. The zero-order valence-electron chi connectivity index (χ0n) is 14.1. The van der Waals surface area contributed by atoms with Crippen LogP contribution in [0.4, 0.5) is 0 Å². The van der Waals surface area contributed by atoms with E-state index in [9.17, 15) is 0 Å². The quantitative estimate of drug-likeness (QED) is 0.851. The van der Waals surface area contributed by atoms with Gasteiger partial charge in [-0.3, -0.25) is 0 Å². The second kappa shape index (κ2) is 5.61. The van der Waals surface area contributed by atoms with E-state index < -0.39 is 7.12 Å². The number of nitrogens with one attached hydrogen (secondary N) is 1. The second-order valence-electron chi connectivity index (χ2n) is 6.66. The predicted octanol–water partition coefficient (Wildman–Crippen LogP) is 1.10. The molecule has 0 unspecified atom stereocenters. The molecule has 1 N–H and O–H groups in total. The number of H-pyrrole nitrogens is 1. The van der Waals surface area contributed by atoms with Crippen molar-refractivity contribution in [1.82, 2.24) is 20.6 Å². The fourth-order valence-corrected chi connectivity index (χ4v) is 2.49. The summed E-state index contributed by atoms with van der Waals surface area (Å²) in [6, 6.07) is 5.88. The molecule has 7 nitrogen and oxygen atoms in total. The van der Waals surface area contributed by atoms with E-state index in [1.807, 2.05) is 45.9 Å². The molecule has 1 aromatic carbocycles. The van der Waals surface area contributed by atoms with Gasteiger partial charge in [0.05, 0.1) is 18.3 Å². The Kier molecular flexibility index (Phi) is 3.89. The Morgan fingerprint density at radius 1 is 1.17 bits per heavy atom. The lowest BCUT2D eigenvalue weighted by Gasteiger charge is -2.32. The highest BCUT2D eigenvalue weighted by molar-refractivity contribution is 6.62. The van der Waals surface area contributed by atoms with Crippen molar-refractivity contribution < 1.29 is 14.0 Å². The largest absolute Gasteiger partial charge is 0.496 e. The third-order valence-corrected chi connectivity index (χ3v) is 4.57. The normalized spacial score (nSPS) is 19.1. The summed E-state index contributed by atoms with van der Waals surface area (Å²) in [5.41, 5.74) is 1.17. The molecule has 8 heteroatoms. The smallest absolute Gasteiger partial charge is 0.494 e. The van der Waals surface area contributed by atoms with Crippen LogP contribution in [-0.4, -0.2) is 46.1 Å². The summed E-state index contributed by atoms with van der Waals surface area (Å²) >= 11 is 0. The number of hydrogen-bond donors (Lipinski definition) is 1. The number of rotatable bonds is 4. The summed E-state index contributed by atoms with van der Waals surface area (Å²) in [5.74, 6) is 1.38. The van der Waals surface area contributed by atoms with Gasteiger partial charge in [0.25, 0.3) is 0 Å². The number of aromatic amines is 1. The van der Waals surface area contributed by atoms with Crippen LogP contribution in [0.25, 0.3) is 0 Å². The van der Waals surface area contributed by atoms with Gasteiger partial charge in [-0.05, 0) is 39.2 Å². The fourth-order valence-electron chi connectivity index (χ4n) is 2.49. The molecule has 0 amide bonds. The van der Waals surface area contributed by atoms with Crippen molar-refractivity contribution in [3.8, 4) is 5.75 Å². The molecule has 0 spiro atoms. The SMILES string of the molecule is COc1ccc(B2OC(C)(C)C(C)(C)O2)cc1Cc1nn[nH]n1. The van der Waals surface area contributed by atoms with E-state index in [-0.39, 0.29) is 11.2 Å². The minimum absolute atomic E-state index is 0.370. The topological polar surface area (TPSA) is 82.1 Å². The van der Waals surface area contributed by atoms with E-state index in [1.54, 1.807) is 7.11 Å². The van der Waals surface area contributed by atoms with Gasteiger partial charge in [0.15, 0.2) is 5.82 Å². The molecule has 2 heterocycles. The molecule has 1 aliphatic rings. The molecule has 1 fully saturated rings. The van der Waals surface area contributed by atoms with E-state index in [1.165, 1.54) is 0 Å². The molecule has 1 saturated heterocycles. The summed E-state index contributed by atoms with van der Waals surface area (Å²) in [6.07, 6.45) is 0.521. The standard InChI is InChI=1S/C15H21BN4O3/c1-14(2)15(3,4)23-16(22-14)11-6-7-12(21-5)10(8-11)9-13-17-19-20-18-13/h6-8H,9H2,1-5H3,(H,17,18,19,20). The van der Waals surface area contributed by atoms with Gasteiger partial charge < -0.3 is 14.0 Å². The van der Waals surface area contributed by atoms with E-state index in [0.717, 1.165) is 16.8 Å². The van der Waals surface area contributed by atoms with Crippen LogP contribution in [-0.2, 0) is 15.7 Å². The Hall–Kier alpha value is -1.93. The average Bonchev–Trinajstić information content (AvgIpc) is 3.05. The van der Waals surface area contributed by atoms with Crippen molar-refractivity contribution >= 4 is 12.6 Å². The number of hydrogen-bond acceptors (Lipinski definition) is 6. The highest BCUT2D eigenvalue weighted by atomic mass is 16.7. The van der Waals surface area contributed by atoms with Crippen molar-refractivity contribution in [1.29, 1.82) is 0 Å². The summed E-state index contributed by atoms with van der Waals surface area (Å²) < 4.78 is 17.6. The van der Waals surface area contributed by atoms with Gasteiger partial charge in [-0.2, -0.15) is 5.21 Å². The van der Waals surface area contributed by atoms with Crippen LogP contribution >= 0.6 is 0 Å². The van der Waals surface area contributed by atoms with Crippen molar-refractivity contribution in [2.75, 3.05) is 7.11 Å². The van der Waals surface area contributed by atoms with Gasteiger partial charge >= 0.3 is 7.12 Å². The molecular formula is C15H21BN4O3. The van der Waals surface area contributed by atoms with Crippen molar-refractivity contribution in [3.63, 3.8) is 0 Å². The van der Waals surface area contributed by atoms with Crippen LogP contribution in [0.15, 0.2) is 18.2 Å². The van der Waals surface area contributed by atoms with Gasteiger partial charge in [-0.15, -0.1) is 10.2 Å². The molecule has 0 radical (unpaired) electrons. The maximum absolute atomic E-state index is 6.10. The molecule has 3 rings (SSSR count). The monoisotopic (exact) mass is 316 g/mol. The van der Waals surface area contributed by atoms with Gasteiger partial charge in [0.2, 0.25) is 0 Å². The first kappa shape index (κ1) is 16.0. The number of benzene rings is 1. The summed E-state index contributed by atoms with van der Waals surface area (Å²) in [4.78, 5) is 0. The molecule has 0 saturated carbocycles. The lowest BCUT2D eigenvalue weighted by molar-refractivity contribution is 0.00578. The predicted molar refractivity (Wildman–Crippen MR) is 85.7 cm³/mol. The van der Waals surface area contributed by atoms with Gasteiger partial charge in [0.1, 0.15) is 5.75 Å². The molecular weight excluding hydrogens is 295 g/mol. The van der Waals surface area contributed by atoms with Crippen molar-refractivity contribution in [3.05, 3.63) is 29.6 Å². The molecule has 2 aromatic rings. The maximum atomic E-state index is 6.10.